The van der Waals surface area contributed by atoms with E-state index in [1.54, 1.807) is 0 Å². The molecule has 6 aromatic carbocycles. The predicted molar refractivity (Wildman–Crippen MR) is 276 cm³/mol. The molecule has 0 bridgehead atoms. The van der Waals surface area contributed by atoms with E-state index in [9.17, 15) is 0 Å². The van der Waals surface area contributed by atoms with Gasteiger partial charge in [0.15, 0.2) is 0 Å². The molecule has 1 spiro atoms. The molecule has 4 aliphatic carbocycles. The Balaban J connectivity index is 1.11. The van der Waals surface area contributed by atoms with Gasteiger partial charge in [-0.1, -0.05) is 135 Å². The van der Waals surface area contributed by atoms with Crippen molar-refractivity contribution in [3.63, 3.8) is 0 Å². The van der Waals surface area contributed by atoms with E-state index in [4.69, 9.17) is 9.97 Å². The van der Waals surface area contributed by atoms with Gasteiger partial charge in [-0.05, 0) is 154 Å². The summed E-state index contributed by atoms with van der Waals surface area (Å²) >= 11 is 0. The Labute approximate surface area is 392 Å². The summed E-state index contributed by atoms with van der Waals surface area (Å²) in [5, 5.41) is 0. The van der Waals surface area contributed by atoms with Crippen molar-refractivity contribution in [1.29, 1.82) is 0 Å². The first-order valence-corrected chi connectivity index (χ1v) is 23.7. The Hall–Kier alpha value is -8.08. The van der Waals surface area contributed by atoms with Crippen molar-refractivity contribution in [2.45, 2.75) is 32.1 Å². The molecule has 320 valence electrons. The molecule has 0 amide bonds. The summed E-state index contributed by atoms with van der Waals surface area (Å²) in [6, 6.07) is 68.5. The van der Waals surface area contributed by atoms with Gasteiger partial charge in [0.2, 0.25) is 0 Å². The molecule has 4 aliphatic rings. The van der Waals surface area contributed by atoms with Crippen molar-refractivity contribution < 1.29 is 0 Å². The van der Waals surface area contributed by atoms with E-state index < -0.39 is 5.41 Å². The van der Waals surface area contributed by atoms with Crippen molar-refractivity contribution in [1.82, 2.24) is 14.5 Å². The van der Waals surface area contributed by atoms with Gasteiger partial charge in [-0.25, -0.2) is 0 Å². The van der Waals surface area contributed by atoms with Crippen LogP contribution in [0.4, 0.5) is 17.1 Å². The molecule has 3 heterocycles. The lowest BCUT2D eigenvalue weighted by atomic mass is 9.64. The van der Waals surface area contributed by atoms with Gasteiger partial charge in [0.05, 0.1) is 22.5 Å². The summed E-state index contributed by atoms with van der Waals surface area (Å²) in [4.78, 5) is 12.2. The molecule has 2 unspecified atom stereocenters. The second kappa shape index (κ2) is 15.5. The van der Waals surface area contributed by atoms with Crippen molar-refractivity contribution >= 4 is 34.3 Å². The number of hydrogen-bond donors (Lipinski definition) is 0. The van der Waals surface area contributed by atoms with Gasteiger partial charge in [0, 0.05) is 63.1 Å². The van der Waals surface area contributed by atoms with Gasteiger partial charge in [0.25, 0.3) is 0 Å². The molecular weight excluding hydrogens is 813 g/mol. The van der Waals surface area contributed by atoms with Crippen LogP contribution in [0.2, 0.25) is 0 Å². The fraction of sp³-hybridized carbons (Fsp3) is 0.111. The Kier molecular flexibility index (Phi) is 9.11. The zero-order valence-electron chi connectivity index (χ0n) is 37.6. The lowest BCUT2D eigenvalue weighted by Gasteiger charge is -2.37. The van der Waals surface area contributed by atoms with Gasteiger partial charge in [-0.15, -0.1) is 0 Å². The van der Waals surface area contributed by atoms with Gasteiger partial charge in [-0.3, -0.25) is 9.97 Å². The molecule has 0 saturated heterocycles. The van der Waals surface area contributed by atoms with E-state index in [1.165, 1.54) is 67.1 Å². The number of fused-ring (bicyclic) bond motifs is 11. The van der Waals surface area contributed by atoms with Crippen molar-refractivity contribution in [2.75, 3.05) is 4.90 Å². The number of allylic oxidation sites excluding steroid dienone is 5. The molecule has 2 atom stereocenters. The quantitative estimate of drug-likeness (QED) is 0.160. The second-order valence-electron chi connectivity index (χ2n) is 18.6. The zero-order chi connectivity index (χ0) is 44.6. The first kappa shape index (κ1) is 39.3. The van der Waals surface area contributed by atoms with Gasteiger partial charge in [-0.2, -0.15) is 0 Å². The van der Waals surface area contributed by atoms with Crippen LogP contribution in [0.25, 0.3) is 56.6 Å². The number of benzene rings is 6. The highest BCUT2D eigenvalue weighted by Crippen LogP contribution is 2.67. The molecule has 0 aliphatic heterocycles. The van der Waals surface area contributed by atoms with Crippen LogP contribution in [0, 0.1) is 11.8 Å². The Morgan fingerprint density at radius 3 is 1.75 bits per heavy atom. The minimum Gasteiger partial charge on any atom is -0.313 e. The van der Waals surface area contributed by atoms with Crippen LogP contribution >= 0.6 is 0 Å². The van der Waals surface area contributed by atoms with E-state index in [2.05, 4.69) is 217 Å². The molecule has 0 saturated carbocycles. The Morgan fingerprint density at radius 2 is 1.13 bits per heavy atom. The third-order valence-electron chi connectivity index (χ3n) is 14.7. The second-order valence-corrected chi connectivity index (χ2v) is 18.6. The van der Waals surface area contributed by atoms with Gasteiger partial charge < -0.3 is 9.47 Å². The van der Waals surface area contributed by atoms with Crippen LogP contribution in [-0.4, -0.2) is 14.5 Å². The smallest absolute Gasteiger partial charge is 0.0713 e. The lowest BCUT2D eigenvalue weighted by molar-refractivity contribution is 0.590. The molecule has 9 aromatic rings. The molecule has 0 radical (unpaired) electrons. The zero-order valence-corrected chi connectivity index (χ0v) is 37.6. The lowest BCUT2D eigenvalue weighted by Crippen LogP contribution is -2.31. The summed E-state index contributed by atoms with van der Waals surface area (Å²) in [6.45, 7) is 4.87. The predicted octanol–water partition coefficient (Wildman–Crippen LogP) is 15.5. The molecule has 0 fully saturated rings. The first-order valence-electron chi connectivity index (χ1n) is 23.7. The Bertz CT molecular complexity index is 3340. The summed E-state index contributed by atoms with van der Waals surface area (Å²) < 4.78 is 2.66. The molecule has 67 heavy (non-hydrogen) atoms. The number of nitrogens with zero attached hydrogens (tertiary/aromatic N) is 4. The van der Waals surface area contributed by atoms with Gasteiger partial charge >= 0.3 is 0 Å². The monoisotopic (exact) mass is 860 g/mol. The molecular formula is C63H48N4. The van der Waals surface area contributed by atoms with E-state index in [-0.39, 0.29) is 5.92 Å². The SMILES string of the molecule is CC1Cc2c(c3c(n2-c2cc(-c4ccccn4)cc(-c4ccccn4)c2)C2=C(C(C)CC=C2)C32c3ccccc3-c3ccccc32)C=C1c1cccc(N(c2ccccc2)c2ccccc2)c1. The van der Waals surface area contributed by atoms with Crippen LogP contribution in [0.15, 0.2) is 218 Å². The normalized spacial score (nSPS) is 17.1. The minimum absolute atomic E-state index is 0.223. The highest BCUT2D eigenvalue weighted by Gasteiger charge is 2.57. The van der Waals surface area contributed by atoms with E-state index >= 15 is 0 Å². The molecule has 13 rings (SSSR count). The average molecular weight is 861 g/mol. The number of rotatable bonds is 7. The number of aromatic nitrogens is 3. The first-order chi connectivity index (χ1) is 33.1. The number of pyridine rings is 2. The minimum atomic E-state index is -0.471. The standard InChI is InChI=1S/C63H48N4/c1-41-19-17-28-52-60(41)63(55-29-11-9-26-50(55)51-27-10-12-30-56(51)63)61-54-40-53(43-20-18-25-48(37-43)66(46-21-5-3-6-22-46)47-23-7-4-8-24-47)42(2)35-59(54)67(62(52)61)49-38-44(57-31-13-15-33-64-57)36-45(39-49)58-32-14-16-34-65-58/h3-18,20-34,36-42H,19,35H2,1-2H3. The number of anilines is 3. The molecule has 3 aromatic heterocycles. The van der Waals surface area contributed by atoms with Crippen LogP contribution in [-0.2, 0) is 11.8 Å². The maximum atomic E-state index is 4.90. The molecule has 0 N–H and O–H groups in total. The van der Waals surface area contributed by atoms with E-state index in [0.29, 0.717) is 5.92 Å². The maximum Gasteiger partial charge on any atom is 0.0713 e. The fourth-order valence-electron chi connectivity index (χ4n) is 12.1. The van der Waals surface area contributed by atoms with Crippen LogP contribution in [0.5, 0.6) is 0 Å². The number of para-hydroxylation sites is 2. The molecule has 4 nitrogen and oxygen atoms in total. The fourth-order valence-corrected chi connectivity index (χ4v) is 12.1. The van der Waals surface area contributed by atoms with Gasteiger partial charge in [0.1, 0.15) is 0 Å². The third kappa shape index (κ3) is 5.99. The summed E-state index contributed by atoms with van der Waals surface area (Å²) in [6.07, 6.45) is 13.1. The average Bonchev–Trinajstić information content (AvgIpc) is 3.99. The topological polar surface area (TPSA) is 34.0 Å². The summed E-state index contributed by atoms with van der Waals surface area (Å²) in [7, 11) is 0. The highest BCUT2D eigenvalue weighted by atomic mass is 15.1. The largest absolute Gasteiger partial charge is 0.313 e. The molecule has 4 heteroatoms. The number of hydrogen-bond acceptors (Lipinski definition) is 3. The van der Waals surface area contributed by atoms with Crippen molar-refractivity contribution in [3.8, 4) is 39.3 Å². The highest BCUT2D eigenvalue weighted by molar-refractivity contribution is 6.01. The van der Waals surface area contributed by atoms with Crippen LogP contribution < -0.4 is 4.90 Å². The third-order valence-corrected chi connectivity index (χ3v) is 14.7. The Morgan fingerprint density at radius 1 is 0.552 bits per heavy atom. The van der Waals surface area contributed by atoms with E-state index in [1.807, 2.05) is 24.5 Å². The van der Waals surface area contributed by atoms with Crippen LogP contribution in [0.1, 0.15) is 59.5 Å². The van der Waals surface area contributed by atoms with Crippen LogP contribution in [0.3, 0.4) is 0 Å². The van der Waals surface area contributed by atoms with E-state index in [0.717, 1.165) is 58.1 Å². The maximum absolute atomic E-state index is 4.90. The van der Waals surface area contributed by atoms with Crippen molar-refractivity contribution in [2.24, 2.45) is 11.8 Å². The summed E-state index contributed by atoms with van der Waals surface area (Å²) in [5.41, 5.74) is 24.4. The summed E-state index contributed by atoms with van der Waals surface area (Å²) in [5.74, 6) is 0.547. The van der Waals surface area contributed by atoms with Crippen molar-refractivity contribution in [3.05, 3.63) is 257 Å².